The summed E-state index contributed by atoms with van der Waals surface area (Å²) < 4.78 is 31.8. The second-order valence-electron chi connectivity index (χ2n) is 6.54. The Morgan fingerprint density at radius 1 is 1.17 bits per heavy atom. The van der Waals surface area contributed by atoms with Gasteiger partial charge in [-0.05, 0) is 52.7 Å². The van der Waals surface area contributed by atoms with Crippen LogP contribution in [0.3, 0.4) is 0 Å². The third-order valence-corrected chi connectivity index (χ3v) is 4.89. The normalized spacial score (nSPS) is 12.4. The summed E-state index contributed by atoms with van der Waals surface area (Å²) in [7, 11) is -3.95. The molecule has 0 unspecified atom stereocenters. The number of hydrogen-bond donors (Lipinski definition) is 0. The monoisotopic (exact) mass is 353 g/mol. The van der Waals surface area contributed by atoms with Crippen molar-refractivity contribution in [2.24, 2.45) is 0 Å². The standard InChI is InChI=1S/C18H27NO4S/c1-6-7-8-9-14-19(17(20)23-18(3,4)5)24(21,22)16-12-10-15(2)11-13-16/h7-8,10-13H,6,9,14H2,1-5H3/b8-7-. The number of carbonyl (C=O) groups excluding carboxylic acids is 1. The molecule has 0 saturated heterocycles. The smallest absolute Gasteiger partial charge is 0.424 e. The number of benzene rings is 1. The zero-order chi connectivity index (χ0) is 18.4. The molecule has 1 rings (SSSR count). The van der Waals surface area contributed by atoms with Crippen LogP contribution in [0.2, 0.25) is 0 Å². The Morgan fingerprint density at radius 3 is 2.25 bits per heavy atom. The van der Waals surface area contributed by atoms with E-state index in [1.165, 1.54) is 12.1 Å². The molecule has 0 saturated carbocycles. The second-order valence-corrected chi connectivity index (χ2v) is 8.40. The lowest BCUT2D eigenvalue weighted by Gasteiger charge is -2.26. The van der Waals surface area contributed by atoms with Gasteiger partial charge in [0.05, 0.1) is 4.90 Å². The average molecular weight is 353 g/mol. The summed E-state index contributed by atoms with van der Waals surface area (Å²) in [6.45, 7) is 9.03. The quantitative estimate of drug-likeness (QED) is 0.716. The summed E-state index contributed by atoms with van der Waals surface area (Å²) in [6.07, 6.45) is 4.25. The molecule has 1 aromatic rings. The summed E-state index contributed by atoms with van der Waals surface area (Å²) in [5.74, 6) is 0. The zero-order valence-corrected chi connectivity index (χ0v) is 15.9. The zero-order valence-electron chi connectivity index (χ0n) is 15.1. The van der Waals surface area contributed by atoms with Gasteiger partial charge in [-0.15, -0.1) is 0 Å². The van der Waals surface area contributed by atoms with Crippen molar-refractivity contribution in [1.82, 2.24) is 4.31 Å². The van der Waals surface area contributed by atoms with E-state index in [4.69, 9.17) is 4.74 Å². The molecule has 0 aliphatic carbocycles. The van der Waals surface area contributed by atoms with Gasteiger partial charge < -0.3 is 4.74 Å². The molecule has 0 fully saturated rings. The average Bonchev–Trinajstić information content (AvgIpc) is 2.45. The molecule has 0 aliphatic rings. The first kappa shape index (κ1) is 20.2. The molecule has 0 bridgehead atoms. The highest BCUT2D eigenvalue weighted by Crippen LogP contribution is 2.20. The van der Waals surface area contributed by atoms with E-state index < -0.39 is 21.7 Å². The van der Waals surface area contributed by atoms with Crippen molar-refractivity contribution in [3.05, 3.63) is 42.0 Å². The summed E-state index contributed by atoms with van der Waals surface area (Å²) in [5, 5.41) is 0. The van der Waals surface area contributed by atoms with Crippen LogP contribution < -0.4 is 0 Å². The third-order valence-electron chi connectivity index (χ3n) is 3.11. The lowest BCUT2D eigenvalue weighted by molar-refractivity contribution is 0.0393. The molecule has 0 spiro atoms. The Labute approximate surface area is 145 Å². The Bertz CT molecular complexity index is 670. The molecule has 0 atom stereocenters. The summed E-state index contributed by atoms with van der Waals surface area (Å²) in [6, 6.07) is 6.42. The van der Waals surface area contributed by atoms with Gasteiger partial charge in [-0.1, -0.05) is 36.8 Å². The van der Waals surface area contributed by atoms with Crippen LogP contribution in [0.25, 0.3) is 0 Å². The number of carbonyl (C=O) groups is 1. The second kappa shape index (κ2) is 8.33. The first-order chi connectivity index (χ1) is 11.1. The fourth-order valence-electron chi connectivity index (χ4n) is 1.94. The molecular formula is C18H27NO4S. The summed E-state index contributed by atoms with van der Waals surface area (Å²) in [4.78, 5) is 12.5. The molecule has 0 heterocycles. The molecule has 6 heteroatoms. The molecule has 0 radical (unpaired) electrons. The van der Waals surface area contributed by atoms with E-state index in [0.717, 1.165) is 16.3 Å². The fraction of sp³-hybridized carbons (Fsp3) is 0.500. The number of amides is 1. The largest absolute Gasteiger partial charge is 0.443 e. The van der Waals surface area contributed by atoms with Crippen molar-refractivity contribution in [1.29, 1.82) is 0 Å². The summed E-state index contributed by atoms with van der Waals surface area (Å²) in [5.41, 5.74) is 0.181. The predicted octanol–water partition coefficient (Wildman–Crippen LogP) is 4.28. The van der Waals surface area contributed by atoms with E-state index in [0.29, 0.717) is 6.42 Å². The van der Waals surface area contributed by atoms with E-state index in [9.17, 15) is 13.2 Å². The minimum absolute atomic E-state index is 0.0433. The molecule has 1 aromatic carbocycles. The van der Waals surface area contributed by atoms with Crippen LogP contribution in [-0.2, 0) is 14.8 Å². The first-order valence-corrected chi connectivity index (χ1v) is 9.49. The van der Waals surface area contributed by atoms with Crippen molar-refractivity contribution in [2.45, 2.75) is 58.0 Å². The number of aryl methyl sites for hydroxylation is 1. The number of hydrogen-bond acceptors (Lipinski definition) is 4. The molecule has 0 N–H and O–H groups in total. The molecule has 24 heavy (non-hydrogen) atoms. The Hall–Kier alpha value is -1.82. The molecule has 134 valence electrons. The van der Waals surface area contributed by atoms with Gasteiger partial charge in [0, 0.05) is 6.54 Å². The number of nitrogens with zero attached hydrogens (tertiary/aromatic N) is 1. The SMILES string of the molecule is CC/C=C\CCN(C(=O)OC(C)(C)C)S(=O)(=O)c1ccc(C)cc1. The van der Waals surface area contributed by atoms with Gasteiger partial charge in [0.25, 0.3) is 10.0 Å². The molecular weight excluding hydrogens is 326 g/mol. The van der Waals surface area contributed by atoms with Crippen molar-refractivity contribution in [3.63, 3.8) is 0 Å². The Balaban J connectivity index is 3.12. The molecule has 0 aromatic heterocycles. The lowest BCUT2D eigenvalue weighted by Crippen LogP contribution is -2.41. The van der Waals surface area contributed by atoms with Crippen LogP contribution in [0.1, 0.15) is 46.1 Å². The van der Waals surface area contributed by atoms with Crippen LogP contribution in [0, 0.1) is 6.92 Å². The number of sulfonamides is 1. The van der Waals surface area contributed by atoms with Crippen LogP contribution >= 0.6 is 0 Å². The Kier molecular flexibility index (Phi) is 7.02. The van der Waals surface area contributed by atoms with E-state index in [1.54, 1.807) is 32.9 Å². The van der Waals surface area contributed by atoms with Gasteiger partial charge in [-0.25, -0.2) is 17.5 Å². The fourth-order valence-corrected chi connectivity index (χ4v) is 3.25. The van der Waals surface area contributed by atoms with Gasteiger partial charge in [-0.3, -0.25) is 0 Å². The van der Waals surface area contributed by atoms with Crippen LogP contribution in [0.4, 0.5) is 4.79 Å². The highest BCUT2D eigenvalue weighted by Gasteiger charge is 2.32. The predicted molar refractivity (Wildman–Crippen MR) is 95.4 cm³/mol. The van der Waals surface area contributed by atoms with Crippen molar-refractivity contribution in [2.75, 3.05) is 6.54 Å². The van der Waals surface area contributed by atoms with Gasteiger partial charge >= 0.3 is 6.09 Å². The van der Waals surface area contributed by atoms with E-state index in [1.807, 2.05) is 26.0 Å². The van der Waals surface area contributed by atoms with Gasteiger partial charge in [0.1, 0.15) is 5.60 Å². The maximum Gasteiger partial charge on any atom is 0.424 e. The minimum Gasteiger partial charge on any atom is -0.443 e. The first-order valence-electron chi connectivity index (χ1n) is 8.05. The van der Waals surface area contributed by atoms with Crippen LogP contribution in [0.5, 0.6) is 0 Å². The van der Waals surface area contributed by atoms with Gasteiger partial charge in [0.2, 0.25) is 0 Å². The van der Waals surface area contributed by atoms with Gasteiger partial charge in [-0.2, -0.15) is 0 Å². The van der Waals surface area contributed by atoms with Crippen LogP contribution in [-0.4, -0.2) is 31.0 Å². The maximum atomic E-state index is 12.8. The summed E-state index contributed by atoms with van der Waals surface area (Å²) >= 11 is 0. The number of rotatable bonds is 6. The van der Waals surface area contributed by atoms with E-state index in [-0.39, 0.29) is 11.4 Å². The van der Waals surface area contributed by atoms with Crippen molar-refractivity contribution in [3.8, 4) is 0 Å². The van der Waals surface area contributed by atoms with Crippen molar-refractivity contribution >= 4 is 16.1 Å². The highest BCUT2D eigenvalue weighted by molar-refractivity contribution is 7.89. The molecule has 0 aliphatic heterocycles. The number of allylic oxidation sites excluding steroid dienone is 1. The van der Waals surface area contributed by atoms with Crippen LogP contribution in [0.15, 0.2) is 41.3 Å². The lowest BCUT2D eigenvalue weighted by atomic mass is 10.2. The van der Waals surface area contributed by atoms with Gasteiger partial charge in [0.15, 0.2) is 0 Å². The minimum atomic E-state index is -3.95. The van der Waals surface area contributed by atoms with E-state index in [2.05, 4.69) is 0 Å². The number of ether oxygens (including phenoxy) is 1. The highest BCUT2D eigenvalue weighted by atomic mass is 32.2. The topological polar surface area (TPSA) is 63.7 Å². The molecule has 1 amide bonds. The Morgan fingerprint density at radius 2 is 1.75 bits per heavy atom. The van der Waals surface area contributed by atoms with Crippen molar-refractivity contribution < 1.29 is 17.9 Å². The third kappa shape index (κ3) is 6.00. The maximum absolute atomic E-state index is 12.8. The van der Waals surface area contributed by atoms with E-state index >= 15 is 0 Å². The molecule has 5 nitrogen and oxygen atoms in total.